The molecule has 1 aromatic heterocycles. The van der Waals surface area contributed by atoms with Crippen molar-refractivity contribution >= 4 is 22.7 Å². The Morgan fingerprint density at radius 3 is 2.87 bits per heavy atom. The van der Waals surface area contributed by atoms with Crippen molar-refractivity contribution < 1.29 is 0 Å². The molecular formula is C12H10N2S. The van der Waals surface area contributed by atoms with Crippen molar-refractivity contribution in [1.29, 1.82) is 5.26 Å². The van der Waals surface area contributed by atoms with Crippen molar-refractivity contribution in [3.8, 4) is 6.07 Å². The van der Waals surface area contributed by atoms with E-state index in [-0.39, 0.29) is 5.25 Å². The number of para-hydroxylation sites is 1. The van der Waals surface area contributed by atoms with Crippen LogP contribution in [0.4, 0.5) is 0 Å². The number of nitrogens with zero attached hydrogens (tertiary/aromatic N) is 2. The maximum Gasteiger partial charge on any atom is 0.0980 e. The number of nitriles is 1. The van der Waals surface area contributed by atoms with Crippen LogP contribution in [0.1, 0.15) is 6.92 Å². The summed E-state index contributed by atoms with van der Waals surface area (Å²) < 4.78 is 0. The molecule has 0 radical (unpaired) electrons. The van der Waals surface area contributed by atoms with Gasteiger partial charge < -0.3 is 0 Å². The minimum atomic E-state index is -0.0568. The summed E-state index contributed by atoms with van der Waals surface area (Å²) in [7, 11) is 0. The molecule has 2 nitrogen and oxygen atoms in total. The number of hydrogen-bond acceptors (Lipinski definition) is 3. The molecule has 0 aliphatic heterocycles. The van der Waals surface area contributed by atoms with Gasteiger partial charge in [-0.25, -0.2) is 4.98 Å². The highest BCUT2D eigenvalue weighted by Gasteiger charge is 2.04. The molecule has 1 atom stereocenters. The van der Waals surface area contributed by atoms with Crippen LogP contribution in [0.2, 0.25) is 0 Å². The zero-order chi connectivity index (χ0) is 10.7. The maximum atomic E-state index is 8.71. The van der Waals surface area contributed by atoms with E-state index in [2.05, 4.69) is 11.1 Å². The van der Waals surface area contributed by atoms with Gasteiger partial charge in [-0.1, -0.05) is 36.0 Å². The lowest BCUT2D eigenvalue weighted by Gasteiger charge is -2.03. The first kappa shape index (κ1) is 10.0. The Morgan fingerprint density at radius 1 is 1.27 bits per heavy atom. The van der Waals surface area contributed by atoms with Gasteiger partial charge in [0.1, 0.15) is 0 Å². The zero-order valence-corrected chi connectivity index (χ0v) is 9.16. The average Bonchev–Trinajstić information content (AvgIpc) is 2.29. The van der Waals surface area contributed by atoms with Crippen LogP contribution in [0, 0.1) is 11.3 Å². The second kappa shape index (κ2) is 4.33. The Hall–Kier alpha value is -1.53. The Balaban J connectivity index is 2.35. The predicted octanol–water partition coefficient (Wildman–Crippen LogP) is 3.24. The van der Waals surface area contributed by atoms with E-state index in [9.17, 15) is 0 Å². The Morgan fingerprint density at radius 2 is 2.07 bits per heavy atom. The van der Waals surface area contributed by atoms with Crippen LogP contribution in [0.3, 0.4) is 0 Å². The fourth-order valence-electron chi connectivity index (χ4n) is 1.32. The monoisotopic (exact) mass is 214 g/mol. The number of thioether (sulfide) groups is 1. The number of aromatic nitrogens is 1. The first-order chi connectivity index (χ1) is 7.29. The van der Waals surface area contributed by atoms with Crippen LogP contribution < -0.4 is 0 Å². The highest BCUT2D eigenvalue weighted by Crippen LogP contribution is 2.23. The summed E-state index contributed by atoms with van der Waals surface area (Å²) in [6.07, 6.45) is 0. The van der Waals surface area contributed by atoms with Gasteiger partial charge in [0.25, 0.3) is 0 Å². The summed E-state index contributed by atoms with van der Waals surface area (Å²) in [6.45, 7) is 1.88. The SMILES string of the molecule is CC(C#N)Sc1ccc2ccccc2n1. The predicted molar refractivity (Wildman–Crippen MR) is 62.7 cm³/mol. The van der Waals surface area contributed by atoms with E-state index in [4.69, 9.17) is 5.26 Å². The normalized spacial score (nSPS) is 12.3. The molecule has 2 aromatic rings. The third-order valence-electron chi connectivity index (χ3n) is 2.05. The van der Waals surface area contributed by atoms with Crippen molar-refractivity contribution in [3.05, 3.63) is 36.4 Å². The highest BCUT2D eigenvalue weighted by molar-refractivity contribution is 8.00. The van der Waals surface area contributed by atoms with E-state index in [1.54, 1.807) is 0 Å². The third kappa shape index (κ3) is 2.28. The average molecular weight is 214 g/mol. The third-order valence-corrected chi connectivity index (χ3v) is 2.98. The van der Waals surface area contributed by atoms with Crippen molar-refractivity contribution in [3.63, 3.8) is 0 Å². The molecule has 0 saturated heterocycles. The molecule has 1 heterocycles. The van der Waals surface area contributed by atoms with Gasteiger partial charge in [-0.15, -0.1) is 0 Å². The molecule has 0 amide bonds. The minimum absolute atomic E-state index is 0.0568. The fourth-order valence-corrected chi connectivity index (χ4v) is 2.03. The lowest BCUT2D eigenvalue weighted by Crippen LogP contribution is -1.91. The second-order valence-corrected chi connectivity index (χ2v) is 4.59. The van der Waals surface area contributed by atoms with Crippen LogP contribution in [-0.2, 0) is 0 Å². The molecule has 0 saturated carbocycles. The molecule has 15 heavy (non-hydrogen) atoms. The summed E-state index contributed by atoms with van der Waals surface area (Å²) in [4.78, 5) is 4.47. The summed E-state index contributed by atoms with van der Waals surface area (Å²) in [5, 5.41) is 10.7. The number of hydrogen-bond donors (Lipinski definition) is 0. The van der Waals surface area contributed by atoms with Gasteiger partial charge in [-0.2, -0.15) is 5.26 Å². The van der Waals surface area contributed by atoms with Crippen LogP contribution >= 0.6 is 11.8 Å². The Labute approximate surface area is 92.9 Å². The summed E-state index contributed by atoms with van der Waals surface area (Å²) in [6, 6.07) is 14.2. The molecule has 0 aliphatic carbocycles. The molecule has 1 aromatic carbocycles. The highest BCUT2D eigenvalue weighted by atomic mass is 32.2. The van der Waals surface area contributed by atoms with Crippen molar-refractivity contribution in [2.75, 3.05) is 0 Å². The van der Waals surface area contributed by atoms with Gasteiger partial charge in [0.05, 0.1) is 21.9 Å². The first-order valence-corrected chi connectivity index (χ1v) is 5.59. The lowest BCUT2D eigenvalue weighted by molar-refractivity contribution is 1.16. The fraction of sp³-hybridized carbons (Fsp3) is 0.167. The second-order valence-electron chi connectivity index (χ2n) is 3.23. The van der Waals surface area contributed by atoms with E-state index in [0.29, 0.717) is 0 Å². The first-order valence-electron chi connectivity index (χ1n) is 4.71. The summed E-state index contributed by atoms with van der Waals surface area (Å²) >= 11 is 1.49. The van der Waals surface area contributed by atoms with Crippen molar-refractivity contribution in [2.24, 2.45) is 0 Å². The number of benzene rings is 1. The molecule has 0 fully saturated rings. The smallest absolute Gasteiger partial charge is 0.0980 e. The number of fused-ring (bicyclic) bond motifs is 1. The Kier molecular flexibility index (Phi) is 2.89. The quantitative estimate of drug-likeness (QED) is 0.720. The van der Waals surface area contributed by atoms with Crippen LogP contribution in [0.5, 0.6) is 0 Å². The minimum Gasteiger partial charge on any atom is -0.241 e. The maximum absolute atomic E-state index is 8.71. The Bertz CT molecular complexity index is 516. The largest absolute Gasteiger partial charge is 0.241 e. The molecule has 0 bridgehead atoms. The van der Waals surface area contributed by atoms with E-state index in [0.717, 1.165) is 15.9 Å². The molecule has 1 unspecified atom stereocenters. The molecule has 0 spiro atoms. The van der Waals surface area contributed by atoms with Crippen molar-refractivity contribution in [1.82, 2.24) is 4.98 Å². The molecule has 2 rings (SSSR count). The van der Waals surface area contributed by atoms with E-state index in [1.165, 1.54) is 11.8 Å². The molecule has 0 aliphatic rings. The lowest BCUT2D eigenvalue weighted by atomic mass is 10.2. The topological polar surface area (TPSA) is 36.7 Å². The number of pyridine rings is 1. The molecule has 74 valence electrons. The van der Waals surface area contributed by atoms with Crippen LogP contribution in [0.15, 0.2) is 41.4 Å². The van der Waals surface area contributed by atoms with Gasteiger partial charge in [-0.05, 0) is 19.1 Å². The van der Waals surface area contributed by atoms with E-state index < -0.39 is 0 Å². The molecular weight excluding hydrogens is 204 g/mol. The zero-order valence-electron chi connectivity index (χ0n) is 8.34. The number of rotatable bonds is 2. The van der Waals surface area contributed by atoms with Crippen LogP contribution in [0.25, 0.3) is 10.9 Å². The van der Waals surface area contributed by atoms with Gasteiger partial charge in [0.2, 0.25) is 0 Å². The summed E-state index contributed by atoms with van der Waals surface area (Å²) in [5.41, 5.74) is 0.979. The van der Waals surface area contributed by atoms with E-state index in [1.807, 2.05) is 43.3 Å². The van der Waals surface area contributed by atoms with Crippen LogP contribution in [-0.4, -0.2) is 10.2 Å². The van der Waals surface area contributed by atoms with Gasteiger partial charge >= 0.3 is 0 Å². The molecule has 0 N–H and O–H groups in total. The van der Waals surface area contributed by atoms with E-state index >= 15 is 0 Å². The van der Waals surface area contributed by atoms with Crippen molar-refractivity contribution in [2.45, 2.75) is 17.2 Å². The molecule has 3 heteroatoms. The van der Waals surface area contributed by atoms with Gasteiger partial charge in [-0.3, -0.25) is 0 Å². The van der Waals surface area contributed by atoms with Gasteiger partial charge in [0.15, 0.2) is 0 Å². The van der Waals surface area contributed by atoms with Gasteiger partial charge in [0, 0.05) is 5.39 Å². The standard InChI is InChI=1S/C12H10N2S/c1-9(8-13)15-12-7-6-10-4-2-3-5-11(10)14-12/h2-7,9H,1H3. The summed E-state index contributed by atoms with van der Waals surface area (Å²) in [5.74, 6) is 0.